The summed E-state index contributed by atoms with van der Waals surface area (Å²) in [5, 5.41) is 3.87. The van der Waals surface area contributed by atoms with E-state index in [0.717, 1.165) is 40.8 Å². The third kappa shape index (κ3) is 3.33. The van der Waals surface area contributed by atoms with E-state index in [9.17, 15) is 9.59 Å². The number of carbonyl (C=O) groups is 2. The summed E-state index contributed by atoms with van der Waals surface area (Å²) in [5.41, 5.74) is 3.62. The predicted molar refractivity (Wildman–Crippen MR) is 101 cm³/mol. The zero-order chi connectivity index (χ0) is 18.1. The van der Waals surface area contributed by atoms with Gasteiger partial charge in [0.2, 0.25) is 0 Å². The van der Waals surface area contributed by atoms with Crippen molar-refractivity contribution in [3.05, 3.63) is 59.3 Å². The molecule has 26 heavy (non-hydrogen) atoms. The van der Waals surface area contributed by atoms with E-state index in [4.69, 9.17) is 4.74 Å². The zero-order valence-corrected chi connectivity index (χ0v) is 14.5. The van der Waals surface area contributed by atoms with E-state index in [0.29, 0.717) is 17.2 Å². The number of ether oxygens (including phenoxy) is 1. The van der Waals surface area contributed by atoms with E-state index in [2.05, 4.69) is 10.3 Å². The van der Waals surface area contributed by atoms with Crippen molar-refractivity contribution in [3.63, 3.8) is 0 Å². The third-order valence-electron chi connectivity index (χ3n) is 4.77. The molecule has 1 aromatic heterocycles. The maximum atomic E-state index is 12.5. The van der Waals surface area contributed by atoms with Gasteiger partial charge in [-0.25, -0.2) is 0 Å². The van der Waals surface area contributed by atoms with Gasteiger partial charge in [-0.15, -0.1) is 0 Å². The van der Waals surface area contributed by atoms with Crippen LogP contribution in [0.3, 0.4) is 0 Å². The fourth-order valence-electron chi connectivity index (χ4n) is 2.97. The molecule has 0 aliphatic heterocycles. The summed E-state index contributed by atoms with van der Waals surface area (Å²) in [6.07, 6.45) is 3.28. The normalized spacial score (nSPS) is 13.6. The monoisotopic (exact) mass is 348 g/mol. The van der Waals surface area contributed by atoms with Gasteiger partial charge in [0.15, 0.2) is 6.29 Å². The molecular formula is C21H20N2O3. The SMILES string of the molecule is Cc1c(NC(=O)c2ccc(OCC3CC3)cc2)ccc2[nH]c(C=O)cc12. The molecule has 0 radical (unpaired) electrons. The van der Waals surface area contributed by atoms with Gasteiger partial charge in [-0.3, -0.25) is 9.59 Å². The maximum Gasteiger partial charge on any atom is 0.255 e. The van der Waals surface area contributed by atoms with Crippen LogP contribution in [0.5, 0.6) is 5.75 Å². The number of aldehydes is 1. The van der Waals surface area contributed by atoms with E-state index in [1.54, 1.807) is 18.2 Å². The van der Waals surface area contributed by atoms with Crippen LogP contribution in [0.1, 0.15) is 39.3 Å². The molecule has 132 valence electrons. The summed E-state index contributed by atoms with van der Waals surface area (Å²) in [7, 11) is 0. The lowest BCUT2D eigenvalue weighted by molar-refractivity contribution is 0.102. The molecule has 2 N–H and O–H groups in total. The first-order valence-electron chi connectivity index (χ1n) is 8.76. The Morgan fingerprint density at radius 3 is 2.69 bits per heavy atom. The Hall–Kier alpha value is -3.08. The molecule has 1 heterocycles. The zero-order valence-electron chi connectivity index (χ0n) is 14.5. The summed E-state index contributed by atoms with van der Waals surface area (Å²) in [6.45, 7) is 2.68. The first-order chi connectivity index (χ1) is 12.6. The molecule has 1 saturated carbocycles. The van der Waals surface area contributed by atoms with Crippen molar-refractivity contribution < 1.29 is 14.3 Å². The van der Waals surface area contributed by atoms with Gasteiger partial charge >= 0.3 is 0 Å². The van der Waals surface area contributed by atoms with Gasteiger partial charge in [-0.2, -0.15) is 0 Å². The molecule has 5 heteroatoms. The van der Waals surface area contributed by atoms with Gasteiger partial charge in [0.1, 0.15) is 5.75 Å². The van der Waals surface area contributed by atoms with Crippen LogP contribution in [-0.2, 0) is 0 Å². The lowest BCUT2D eigenvalue weighted by Gasteiger charge is -2.10. The second-order valence-corrected chi connectivity index (χ2v) is 6.77. The smallest absolute Gasteiger partial charge is 0.255 e. The third-order valence-corrected chi connectivity index (χ3v) is 4.77. The molecule has 0 unspecified atom stereocenters. The molecule has 0 atom stereocenters. The molecule has 1 aliphatic rings. The Labute approximate surface area is 151 Å². The number of nitrogens with one attached hydrogen (secondary N) is 2. The van der Waals surface area contributed by atoms with E-state index in [1.165, 1.54) is 12.8 Å². The summed E-state index contributed by atoms with van der Waals surface area (Å²) >= 11 is 0. The lowest BCUT2D eigenvalue weighted by atomic mass is 10.1. The van der Waals surface area contributed by atoms with Crippen LogP contribution in [0, 0.1) is 12.8 Å². The van der Waals surface area contributed by atoms with E-state index in [-0.39, 0.29) is 5.91 Å². The van der Waals surface area contributed by atoms with Crippen LogP contribution in [0.25, 0.3) is 10.9 Å². The number of hydrogen-bond donors (Lipinski definition) is 2. The van der Waals surface area contributed by atoms with Crippen molar-refractivity contribution in [2.24, 2.45) is 5.92 Å². The Bertz CT molecular complexity index is 969. The highest BCUT2D eigenvalue weighted by Crippen LogP contribution is 2.30. The van der Waals surface area contributed by atoms with Crippen LogP contribution < -0.4 is 10.1 Å². The van der Waals surface area contributed by atoms with Gasteiger partial charge in [0, 0.05) is 22.2 Å². The molecule has 4 rings (SSSR count). The number of rotatable bonds is 6. The molecule has 1 aliphatic carbocycles. The maximum absolute atomic E-state index is 12.5. The minimum Gasteiger partial charge on any atom is -0.493 e. The highest BCUT2D eigenvalue weighted by molar-refractivity contribution is 6.06. The molecule has 2 aromatic carbocycles. The van der Waals surface area contributed by atoms with Crippen LogP contribution in [0.4, 0.5) is 5.69 Å². The van der Waals surface area contributed by atoms with Gasteiger partial charge in [0.05, 0.1) is 12.3 Å². The van der Waals surface area contributed by atoms with Gasteiger partial charge < -0.3 is 15.0 Å². The summed E-state index contributed by atoms with van der Waals surface area (Å²) in [5.74, 6) is 1.32. The Balaban J connectivity index is 1.49. The van der Waals surface area contributed by atoms with Crippen molar-refractivity contribution in [2.75, 3.05) is 11.9 Å². The topological polar surface area (TPSA) is 71.2 Å². The van der Waals surface area contributed by atoms with Gasteiger partial charge in [-0.05, 0) is 73.7 Å². The fourth-order valence-corrected chi connectivity index (χ4v) is 2.97. The molecule has 1 fully saturated rings. The number of H-pyrrole nitrogens is 1. The van der Waals surface area contributed by atoms with Crippen LogP contribution in [0.2, 0.25) is 0 Å². The Morgan fingerprint density at radius 1 is 1.23 bits per heavy atom. The quantitative estimate of drug-likeness (QED) is 0.651. The largest absolute Gasteiger partial charge is 0.493 e. The molecular weight excluding hydrogens is 328 g/mol. The molecule has 1 amide bonds. The highest BCUT2D eigenvalue weighted by atomic mass is 16.5. The molecule has 0 bridgehead atoms. The Kier molecular flexibility index (Phi) is 4.21. The van der Waals surface area contributed by atoms with Crippen molar-refractivity contribution >= 4 is 28.8 Å². The van der Waals surface area contributed by atoms with Gasteiger partial charge in [-0.1, -0.05) is 0 Å². The number of carbonyl (C=O) groups excluding carboxylic acids is 2. The van der Waals surface area contributed by atoms with E-state index in [1.807, 2.05) is 31.2 Å². The van der Waals surface area contributed by atoms with E-state index < -0.39 is 0 Å². The predicted octanol–water partition coefficient (Wildman–Crippen LogP) is 4.33. The lowest BCUT2D eigenvalue weighted by Crippen LogP contribution is -2.12. The average molecular weight is 348 g/mol. The first-order valence-corrected chi connectivity index (χ1v) is 8.76. The standard InChI is InChI=1S/C21H20N2O3/c1-13-18-10-16(11-24)22-20(18)9-8-19(13)23-21(25)15-4-6-17(7-5-15)26-12-14-2-3-14/h4-11,14,22H,2-3,12H2,1H3,(H,23,25). The number of aromatic nitrogens is 1. The molecule has 0 spiro atoms. The van der Waals surface area contributed by atoms with Crippen LogP contribution in [-0.4, -0.2) is 23.8 Å². The van der Waals surface area contributed by atoms with Crippen molar-refractivity contribution in [1.29, 1.82) is 0 Å². The number of aryl methyl sites for hydroxylation is 1. The van der Waals surface area contributed by atoms with Crippen molar-refractivity contribution in [1.82, 2.24) is 4.98 Å². The van der Waals surface area contributed by atoms with Gasteiger partial charge in [0.25, 0.3) is 5.91 Å². The number of benzene rings is 2. The summed E-state index contributed by atoms with van der Waals surface area (Å²) in [4.78, 5) is 26.5. The van der Waals surface area contributed by atoms with Crippen LogP contribution >= 0.6 is 0 Å². The number of aromatic amines is 1. The molecule has 5 nitrogen and oxygen atoms in total. The second kappa shape index (κ2) is 6.67. The fraction of sp³-hybridized carbons (Fsp3) is 0.238. The second-order valence-electron chi connectivity index (χ2n) is 6.77. The minimum absolute atomic E-state index is 0.174. The number of amides is 1. The number of fused-ring (bicyclic) bond motifs is 1. The number of hydrogen-bond acceptors (Lipinski definition) is 3. The number of anilines is 1. The summed E-state index contributed by atoms with van der Waals surface area (Å²) in [6, 6.07) is 12.7. The minimum atomic E-state index is -0.174. The molecule has 0 saturated heterocycles. The van der Waals surface area contributed by atoms with Crippen molar-refractivity contribution in [2.45, 2.75) is 19.8 Å². The Morgan fingerprint density at radius 2 is 2.00 bits per heavy atom. The van der Waals surface area contributed by atoms with Crippen LogP contribution in [0.15, 0.2) is 42.5 Å². The summed E-state index contributed by atoms with van der Waals surface area (Å²) < 4.78 is 5.70. The average Bonchev–Trinajstić information content (AvgIpc) is 3.39. The molecule has 3 aromatic rings. The van der Waals surface area contributed by atoms with E-state index >= 15 is 0 Å². The highest BCUT2D eigenvalue weighted by Gasteiger charge is 2.21. The first kappa shape index (κ1) is 16.4. The van der Waals surface area contributed by atoms with Crippen molar-refractivity contribution in [3.8, 4) is 5.75 Å².